The Balaban J connectivity index is 0. The van der Waals surface area contributed by atoms with Gasteiger partial charge in [-0.2, -0.15) is 0 Å². The molecule has 0 saturated heterocycles. The molecule has 59 heavy (non-hydrogen) atoms. The Morgan fingerprint density at radius 1 is 0.576 bits per heavy atom. The van der Waals surface area contributed by atoms with Gasteiger partial charge in [-0.15, -0.1) is 4.52 Å². The molecule has 2 atom stereocenters. The highest BCUT2D eigenvalue weighted by atomic mass is 31.2. The molecule has 0 fully saturated rings. The standard InChI is InChI=1S/C11H10O3.C10H8O3.C8H20O5P2.C7H17O5P2.C2H6.CH4/c1-2-9-10(14-11(12)13-9)8-6-4-3-5-7-8;1-7-9(13-10(11)12-7)8-5-3-2-4-6-8;1-5-11-14(4,9)8-15(10,12-6-2)13-7-3;1-4-10-13(8)7-14(9,11-5-2)12-6-3;1-2;/h3-7H,2H2,1H3;2-6H,1H3;5-8H2,1-4H3;4-7H2,1-3H3;1-2H3;1H4/q;;;+1;;. The normalized spacial score (nSPS) is 12.0. The molecule has 16 nitrogen and oxygen atoms in total. The van der Waals surface area contributed by atoms with Crippen molar-refractivity contribution >= 4 is 30.6 Å². The van der Waals surface area contributed by atoms with Crippen molar-refractivity contribution in [3.05, 3.63) is 93.4 Å². The van der Waals surface area contributed by atoms with Crippen molar-refractivity contribution in [1.82, 2.24) is 0 Å². The SMILES string of the molecule is C.CC.CCOP(C)(=O)CP(=O)(OCC)OCC.CCO[P+](=O)CP(=O)(OCC)OCC.CCc1oc(=O)oc1-c1ccccc1.Cc1oc(=O)oc1-c1ccccc1. The smallest absolute Gasteiger partial charge is 0.396 e. The van der Waals surface area contributed by atoms with Gasteiger partial charge in [0.2, 0.25) is 7.37 Å². The molecule has 0 aliphatic carbocycles. The van der Waals surface area contributed by atoms with Crippen LogP contribution >= 0.6 is 30.6 Å². The molecule has 0 aliphatic rings. The van der Waals surface area contributed by atoms with E-state index >= 15 is 0 Å². The molecule has 336 valence electrons. The van der Waals surface area contributed by atoms with Crippen LogP contribution in [0.5, 0.6) is 0 Å². The number of hydrogen-bond donors (Lipinski definition) is 0. The molecule has 2 unspecified atom stereocenters. The van der Waals surface area contributed by atoms with Gasteiger partial charge in [-0.3, -0.25) is 13.7 Å². The third kappa shape index (κ3) is 23.6. The average molecular weight is 914 g/mol. The second-order valence-corrected chi connectivity index (χ2v) is 19.9. The number of hydrogen-bond acceptors (Lipinski definition) is 16. The Hall–Kier alpha value is -2.99. The van der Waals surface area contributed by atoms with Crippen molar-refractivity contribution < 1.29 is 63.1 Å². The minimum Gasteiger partial charge on any atom is -0.396 e. The predicted octanol–water partition coefficient (Wildman–Crippen LogP) is 12.5. The van der Waals surface area contributed by atoms with E-state index in [4.69, 9.17) is 44.8 Å². The van der Waals surface area contributed by atoms with Gasteiger partial charge in [-0.25, -0.2) is 9.59 Å². The maximum atomic E-state index is 12.0. The summed E-state index contributed by atoms with van der Waals surface area (Å²) < 4.78 is 96.1. The summed E-state index contributed by atoms with van der Waals surface area (Å²) in [5.41, 5.74) is 1.72. The van der Waals surface area contributed by atoms with Crippen LogP contribution in [0.1, 0.15) is 81.3 Å². The minimum absolute atomic E-state index is 0. The highest BCUT2D eigenvalue weighted by Gasteiger charge is 2.37. The summed E-state index contributed by atoms with van der Waals surface area (Å²) in [7, 11) is -11.3. The third-order valence-electron chi connectivity index (χ3n) is 6.48. The van der Waals surface area contributed by atoms with E-state index in [1.807, 2.05) is 81.4 Å². The second-order valence-electron chi connectivity index (χ2n) is 11.0. The molecule has 20 heteroatoms. The van der Waals surface area contributed by atoms with Gasteiger partial charge in [-0.1, -0.05) is 88.9 Å². The summed E-state index contributed by atoms with van der Waals surface area (Å²) in [6.07, 6.45) is 0.649. The molecule has 0 aliphatic heterocycles. The van der Waals surface area contributed by atoms with E-state index in [0.29, 0.717) is 42.7 Å². The molecular formula is C39H65O16P4+. The summed E-state index contributed by atoms with van der Waals surface area (Å²) in [6, 6.07) is 18.8. The van der Waals surface area contributed by atoms with Gasteiger partial charge in [-0.05, 0) is 53.0 Å². The van der Waals surface area contributed by atoms with Crippen LogP contribution in [-0.4, -0.2) is 58.1 Å². The molecule has 4 aromatic rings. The molecule has 2 heterocycles. The van der Waals surface area contributed by atoms with Crippen LogP contribution in [0.3, 0.4) is 0 Å². The molecule has 0 spiro atoms. The summed E-state index contributed by atoms with van der Waals surface area (Å²) >= 11 is 0. The maximum Gasteiger partial charge on any atom is 0.521 e. The van der Waals surface area contributed by atoms with Gasteiger partial charge < -0.3 is 40.3 Å². The first-order valence-corrected chi connectivity index (χ1v) is 26.0. The predicted molar refractivity (Wildman–Crippen MR) is 233 cm³/mol. The van der Waals surface area contributed by atoms with E-state index in [0.717, 1.165) is 11.1 Å². The fourth-order valence-electron chi connectivity index (χ4n) is 4.53. The molecule has 0 radical (unpaired) electrons. The average Bonchev–Trinajstić information content (AvgIpc) is 3.73. The summed E-state index contributed by atoms with van der Waals surface area (Å²) in [5.74, 6) is 0.533. The molecule has 4 rings (SSSR count). The molecule has 0 saturated carbocycles. The Morgan fingerprint density at radius 2 is 0.983 bits per heavy atom. The topological polar surface area (TPSA) is 210 Å². The van der Waals surface area contributed by atoms with Crippen LogP contribution in [0.4, 0.5) is 0 Å². The van der Waals surface area contributed by atoms with Crippen molar-refractivity contribution in [3.8, 4) is 22.6 Å². The summed E-state index contributed by atoms with van der Waals surface area (Å²) in [6.45, 7) is 21.1. The fraction of sp³-hybridized carbons (Fsp3) is 0.538. The zero-order valence-electron chi connectivity index (χ0n) is 35.5. The van der Waals surface area contributed by atoms with Crippen LogP contribution in [0, 0.1) is 6.92 Å². The fourth-order valence-corrected chi connectivity index (χ4v) is 12.7. The van der Waals surface area contributed by atoms with Gasteiger partial charge >= 0.3 is 34.9 Å². The lowest BCUT2D eigenvalue weighted by molar-refractivity contribution is 0.221. The van der Waals surface area contributed by atoms with Crippen molar-refractivity contribution in [2.24, 2.45) is 0 Å². The van der Waals surface area contributed by atoms with Gasteiger partial charge in [0, 0.05) is 24.2 Å². The first-order chi connectivity index (χ1) is 27.5. The molecule has 0 N–H and O–H groups in total. The van der Waals surface area contributed by atoms with Gasteiger partial charge in [0.15, 0.2) is 23.0 Å². The summed E-state index contributed by atoms with van der Waals surface area (Å²) in [5, 5.41) is 0. The Bertz CT molecular complexity index is 1930. The van der Waals surface area contributed by atoms with E-state index in [1.165, 1.54) is 6.66 Å². The van der Waals surface area contributed by atoms with E-state index in [-0.39, 0.29) is 45.7 Å². The van der Waals surface area contributed by atoms with Crippen molar-refractivity contribution in [2.75, 3.05) is 58.1 Å². The molecule has 0 bridgehead atoms. The lowest BCUT2D eigenvalue weighted by atomic mass is 10.1. The molecule has 2 aromatic carbocycles. The van der Waals surface area contributed by atoms with Gasteiger partial charge in [0.1, 0.15) is 5.90 Å². The first-order valence-electron chi connectivity index (χ1n) is 18.9. The zero-order chi connectivity index (χ0) is 44.2. The highest BCUT2D eigenvalue weighted by Crippen LogP contribution is 2.61. The van der Waals surface area contributed by atoms with Crippen molar-refractivity contribution in [1.29, 1.82) is 0 Å². The van der Waals surface area contributed by atoms with Crippen molar-refractivity contribution in [2.45, 2.75) is 83.1 Å². The van der Waals surface area contributed by atoms with Gasteiger partial charge in [0.25, 0.3) is 5.90 Å². The second kappa shape index (κ2) is 31.8. The number of rotatable bonds is 19. The van der Waals surface area contributed by atoms with E-state index < -0.39 is 42.2 Å². The lowest BCUT2D eigenvalue weighted by Gasteiger charge is -2.20. The zero-order valence-corrected chi connectivity index (χ0v) is 39.0. The first kappa shape index (κ1) is 58.1. The van der Waals surface area contributed by atoms with E-state index in [1.54, 1.807) is 48.5 Å². The Kier molecular flexibility index (Phi) is 31.3. The van der Waals surface area contributed by atoms with Crippen LogP contribution in [-0.2, 0) is 51.8 Å². The highest BCUT2D eigenvalue weighted by molar-refractivity contribution is 7.73. The Morgan fingerprint density at radius 3 is 1.37 bits per heavy atom. The van der Waals surface area contributed by atoms with Crippen LogP contribution in [0.2, 0.25) is 0 Å². The minimum atomic E-state index is -3.26. The third-order valence-corrected chi connectivity index (χ3v) is 16.2. The lowest BCUT2D eigenvalue weighted by Crippen LogP contribution is -2.02. The maximum absolute atomic E-state index is 12.0. The quantitative estimate of drug-likeness (QED) is 0.0800. The van der Waals surface area contributed by atoms with Gasteiger partial charge in [0.05, 0.1) is 39.6 Å². The monoisotopic (exact) mass is 913 g/mol. The Labute approximate surface area is 350 Å². The molecule has 0 amide bonds. The van der Waals surface area contributed by atoms with Crippen LogP contribution in [0.25, 0.3) is 22.6 Å². The van der Waals surface area contributed by atoms with Crippen LogP contribution in [0.15, 0.2) is 87.9 Å². The number of benzene rings is 2. The molecular weight excluding hydrogens is 848 g/mol. The van der Waals surface area contributed by atoms with Crippen molar-refractivity contribution in [3.63, 3.8) is 0 Å². The number of aryl methyl sites for hydroxylation is 2. The van der Waals surface area contributed by atoms with Crippen LogP contribution < -0.4 is 11.6 Å². The summed E-state index contributed by atoms with van der Waals surface area (Å²) in [4.78, 5) is 21.7. The largest absolute Gasteiger partial charge is 0.521 e. The molecule has 2 aromatic heterocycles. The van der Waals surface area contributed by atoms with E-state index in [9.17, 15) is 27.8 Å². The van der Waals surface area contributed by atoms with E-state index in [2.05, 4.69) is 0 Å².